The lowest BCUT2D eigenvalue weighted by Crippen LogP contribution is -2.50. The molecule has 1 spiro atoms. The van der Waals surface area contributed by atoms with E-state index < -0.39 is 0 Å². The van der Waals surface area contributed by atoms with E-state index in [-0.39, 0.29) is 0 Å². The third kappa shape index (κ3) is 2.98. The standard InChI is InChI=1S/C16H25N3/c1-14-5-2-9-18-15(14)11-19-10-4-7-16(13-19)6-3-8-17-12-16/h2,5,9,17H,3-4,6-8,10-13H2,1H3. The van der Waals surface area contributed by atoms with Crippen LogP contribution in [-0.4, -0.2) is 36.1 Å². The van der Waals surface area contributed by atoms with Crippen molar-refractivity contribution >= 4 is 0 Å². The van der Waals surface area contributed by atoms with Gasteiger partial charge in [0.05, 0.1) is 5.69 Å². The fourth-order valence-electron chi connectivity index (χ4n) is 3.72. The maximum atomic E-state index is 4.55. The maximum absolute atomic E-state index is 4.55. The Morgan fingerprint density at radius 3 is 3.05 bits per heavy atom. The molecule has 2 aliphatic heterocycles. The SMILES string of the molecule is Cc1cccnc1CN1CCCC2(CCCNC2)C1. The van der Waals surface area contributed by atoms with Gasteiger partial charge in [0.15, 0.2) is 0 Å². The van der Waals surface area contributed by atoms with Crippen molar-refractivity contribution < 1.29 is 0 Å². The van der Waals surface area contributed by atoms with Crippen LogP contribution in [0.4, 0.5) is 0 Å². The molecule has 0 saturated carbocycles. The molecule has 0 radical (unpaired) electrons. The molecule has 1 unspecified atom stereocenters. The first kappa shape index (κ1) is 13.1. The number of pyridine rings is 1. The summed E-state index contributed by atoms with van der Waals surface area (Å²) in [5.74, 6) is 0. The number of hydrogen-bond donors (Lipinski definition) is 1. The van der Waals surface area contributed by atoms with E-state index in [1.807, 2.05) is 12.3 Å². The van der Waals surface area contributed by atoms with Crippen LogP contribution in [-0.2, 0) is 6.54 Å². The first-order valence-electron chi connectivity index (χ1n) is 7.61. The number of aryl methyl sites for hydroxylation is 1. The van der Waals surface area contributed by atoms with Crippen molar-refractivity contribution in [3.8, 4) is 0 Å². The highest BCUT2D eigenvalue weighted by Crippen LogP contribution is 2.36. The summed E-state index contributed by atoms with van der Waals surface area (Å²) in [5, 5.41) is 3.60. The smallest absolute Gasteiger partial charge is 0.0573 e. The Hall–Kier alpha value is -0.930. The Bertz CT molecular complexity index is 418. The first-order valence-corrected chi connectivity index (χ1v) is 7.61. The number of nitrogens with one attached hydrogen (secondary N) is 1. The summed E-state index contributed by atoms with van der Waals surface area (Å²) in [6, 6.07) is 4.20. The highest BCUT2D eigenvalue weighted by atomic mass is 15.2. The fourth-order valence-corrected chi connectivity index (χ4v) is 3.72. The topological polar surface area (TPSA) is 28.2 Å². The van der Waals surface area contributed by atoms with Crippen molar-refractivity contribution in [1.29, 1.82) is 0 Å². The number of piperidine rings is 2. The molecule has 3 heteroatoms. The van der Waals surface area contributed by atoms with Gasteiger partial charge in [0.1, 0.15) is 0 Å². The highest BCUT2D eigenvalue weighted by Gasteiger charge is 2.36. The number of nitrogens with zero attached hydrogens (tertiary/aromatic N) is 2. The van der Waals surface area contributed by atoms with Crippen LogP contribution in [0.15, 0.2) is 18.3 Å². The molecule has 19 heavy (non-hydrogen) atoms. The van der Waals surface area contributed by atoms with Crippen LogP contribution < -0.4 is 5.32 Å². The zero-order valence-electron chi connectivity index (χ0n) is 12.0. The van der Waals surface area contributed by atoms with Crippen molar-refractivity contribution in [2.24, 2.45) is 5.41 Å². The van der Waals surface area contributed by atoms with Gasteiger partial charge in [-0.05, 0) is 62.7 Å². The molecule has 1 atom stereocenters. The Morgan fingerprint density at radius 2 is 2.26 bits per heavy atom. The molecule has 2 fully saturated rings. The average Bonchev–Trinajstić information content (AvgIpc) is 2.42. The highest BCUT2D eigenvalue weighted by molar-refractivity contribution is 5.17. The van der Waals surface area contributed by atoms with E-state index >= 15 is 0 Å². The second-order valence-corrected chi connectivity index (χ2v) is 6.36. The van der Waals surface area contributed by atoms with Crippen LogP contribution >= 0.6 is 0 Å². The maximum Gasteiger partial charge on any atom is 0.0573 e. The van der Waals surface area contributed by atoms with Crippen LogP contribution in [0.5, 0.6) is 0 Å². The lowest BCUT2D eigenvalue weighted by Gasteiger charge is -2.45. The van der Waals surface area contributed by atoms with E-state index in [4.69, 9.17) is 0 Å². The van der Waals surface area contributed by atoms with Gasteiger partial charge in [-0.1, -0.05) is 6.07 Å². The predicted octanol–water partition coefficient (Wildman–Crippen LogP) is 2.36. The van der Waals surface area contributed by atoms with E-state index in [9.17, 15) is 0 Å². The molecule has 1 aromatic heterocycles. The van der Waals surface area contributed by atoms with Crippen LogP contribution in [0.1, 0.15) is 36.9 Å². The second kappa shape index (κ2) is 5.59. The molecule has 1 N–H and O–H groups in total. The molecule has 3 rings (SSSR count). The van der Waals surface area contributed by atoms with Gasteiger partial charge in [0.25, 0.3) is 0 Å². The minimum Gasteiger partial charge on any atom is -0.316 e. The van der Waals surface area contributed by atoms with E-state index in [2.05, 4.69) is 28.2 Å². The molecule has 0 aromatic carbocycles. The van der Waals surface area contributed by atoms with E-state index in [1.54, 1.807) is 0 Å². The Kier molecular flexibility index (Phi) is 3.85. The summed E-state index contributed by atoms with van der Waals surface area (Å²) in [6.45, 7) is 8.10. The third-order valence-electron chi connectivity index (χ3n) is 4.79. The largest absolute Gasteiger partial charge is 0.316 e. The van der Waals surface area contributed by atoms with Gasteiger partial charge in [-0.15, -0.1) is 0 Å². The molecule has 0 amide bonds. The number of hydrogen-bond acceptors (Lipinski definition) is 3. The fraction of sp³-hybridized carbons (Fsp3) is 0.688. The molecule has 3 heterocycles. The second-order valence-electron chi connectivity index (χ2n) is 6.36. The summed E-state index contributed by atoms with van der Waals surface area (Å²) >= 11 is 0. The van der Waals surface area contributed by atoms with Crippen molar-refractivity contribution in [3.05, 3.63) is 29.6 Å². The van der Waals surface area contributed by atoms with Crippen LogP contribution in [0, 0.1) is 12.3 Å². The van der Waals surface area contributed by atoms with Crippen molar-refractivity contribution in [2.75, 3.05) is 26.2 Å². The van der Waals surface area contributed by atoms with Crippen molar-refractivity contribution in [2.45, 2.75) is 39.2 Å². The molecular weight excluding hydrogens is 234 g/mol. The molecule has 0 bridgehead atoms. The summed E-state index contributed by atoms with van der Waals surface area (Å²) in [5.41, 5.74) is 3.12. The number of aromatic nitrogens is 1. The van der Waals surface area contributed by atoms with Gasteiger partial charge < -0.3 is 5.32 Å². The lowest BCUT2D eigenvalue weighted by atomic mass is 9.74. The van der Waals surface area contributed by atoms with Crippen LogP contribution in [0.2, 0.25) is 0 Å². The van der Waals surface area contributed by atoms with Crippen molar-refractivity contribution in [1.82, 2.24) is 15.2 Å². The van der Waals surface area contributed by atoms with Gasteiger partial charge in [-0.3, -0.25) is 9.88 Å². The lowest BCUT2D eigenvalue weighted by molar-refractivity contribution is 0.0592. The molecule has 2 saturated heterocycles. The molecule has 104 valence electrons. The Labute approximate surface area is 116 Å². The van der Waals surface area contributed by atoms with Crippen molar-refractivity contribution in [3.63, 3.8) is 0 Å². The Morgan fingerprint density at radius 1 is 1.37 bits per heavy atom. The van der Waals surface area contributed by atoms with E-state index in [1.165, 1.54) is 63.1 Å². The monoisotopic (exact) mass is 259 g/mol. The quantitative estimate of drug-likeness (QED) is 0.883. The zero-order valence-corrected chi connectivity index (χ0v) is 12.0. The first-order chi connectivity index (χ1) is 9.27. The predicted molar refractivity (Wildman–Crippen MR) is 78.0 cm³/mol. The summed E-state index contributed by atoms with van der Waals surface area (Å²) in [7, 11) is 0. The van der Waals surface area contributed by atoms with Gasteiger partial charge in [-0.2, -0.15) is 0 Å². The van der Waals surface area contributed by atoms with Crippen LogP contribution in [0.25, 0.3) is 0 Å². The normalized spacial score (nSPS) is 28.7. The number of rotatable bonds is 2. The Balaban J connectivity index is 1.67. The molecule has 3 nitrogen and oxygen atoms in total. The van der Waals surface area contributed by atoms with Gasteiger partial charge in [0.2, 0.25) is 0 Å². The van der Waals surface area contributed by atoms with Crippen LogP contribution in [0.3, 0.4) is 0 Å². The van der Waals surface area contributed by atoms with Gasteiger partial charge in [-0.25, -0.2) is 0 Å². The summed E-state index contributed by atoms with van der Waals surface area (Å²) in [6.07, 6.45) is 7.41. The van der Waals surface area contributed by atoms with E-state index in [0.717, 1.165) is 6.54 Å². The zero-order chi connectivity index (χ0) is 13.1. The van der Waals surface area contributed by atoms with E-state index in [0.29, 0.717) is 5.41 Å². The third-order valence-corrected chi connectivity index (χ3v) is 4.79. The molecule has 0 aliphatic carbocycles. The summed E-state index contributed by atoms with van der Waals surface area (Å²) in [4.78, 5) is 7.17. The molecule has 2 aliphatic rings. The van der Waals surface area contributed by atoms with Gasteiger partial charge >= 0.3 is 0 Å². The minimum absolute atomic E-state index is 0.541. The molecular formula is C16H25N3. The minimum atomic E-state index is 0.541. The van der Waals surface area contributed by atoms with Gasteiger partial charge in [0, 0.05) is 25.8 Å². The molecule has 1 aromatic rings. The summed E-state index contributed by atoms with van der Waals surface area (Å²) < 4.78 is 0. The average molecular weight is 259 g/mol. The number of likely N-dealkylation sites (tertiary alicyclic amines) is 1.